The molecule has 0 bridgehead atoms. The molecular formula is C12H13N3O2. The minimum absolute atomic E-state index is 0.289. The molecule has 1 aromatic carbocycles. The number of fused-ring (bicyclic) bond motifs is 1. The molecule has 0 atom stereocenters. The molecule has 0 saturated heterocycles. The van der Waals surface area contributed by atoms with Crippen LogP contribution in [0.15, 0.2) is 30.9 Å². The van der Waals surface area contributed by atoms with Crippen LogP contribution in [0, 0.1) is 0 Å². The summed E-state index contributed by atoms with van der Waals surface area (Å²) in [7, 11) is 3.42. The summed E-state index contributed by atoms with van der Waals surface area (Å²) in [5, 5.41) is 2.64. The van der Waals surface area contributed by atoms with Crippen molar-refractivity contribution in [2.45, 2.75) is 0 Å². The molecule has 1 heterocycles. The number of aromatic nitrogens is 2. The Morgan fingerprint density at radius 1 is 1.59 bits per heavy atom. The van der Waals surface area contributed by atoms with Crippen LogP contribution in [-0.2, 0) is 11.8 Å². The molecule has 0 unspecified atom stereocenters. The third-order valence-corrected chi connectivity index (χ3v) is 2.51. The number of anilines is 1. The number of hydrogen-bond donors (Lipinski definition) is 1. The van der Waals surface area contributed by atoms with Gasteiger partial charge in [-0.3, -0.25) is 10.1 Å². The third-order valence-electron chi connectivity index (χ3n) is 2.51. The number of ether oxygens (including phenoxy) is 1. The Hall–Kier alpha value is -2.30. The van der Waals surface area contributed by atoms with Crippen LogP contribution in [0.1, 0.15) is 0 Å². The van der Waals surface area contributed by atoms with Crippen molar-refractivity contribution in [1.82, 2.24) is 9.55 Å². The van der Waals surface area contributed by atoms with Crippen LogP contribution in [0.2, 0.25) is 0 Å². The van der Waals surface area contributed by atoms with Crippen LogP contribution in [0.25, 0.3) is 11.0 Å². The molecule has 2 aromatic rings. The predicted octanol–water partition coefficient (Wildman–Crippen LogP) is 1.71. The third kappa shape index (κ3) is 1.87. The molecule has 1 aromatic heterocycles. The minimum Gasteiger partial charge on any atom is -0.494 e. The zero-order chi connectivity index (χ0) is 12.4. The normalized spacial score (nSPS) is 10.2. The number of imidazole rings is 1. The van der Waals surface area contributed by atoms with E-state index in [9.17, 15) is 4.79 Å². The van der Waals surface area contributed by atoms with E-state index < -0.39 is 0 Å². The first-order valence-electron chi connectivity index (χ1n) is 5.10. The molecule has 0 spiro atoms. The summed E-state index contributed by atoms with van der Waals surface area (Å²) >= 11 is 0. The Bertz CT molecular complexity index is 587. The molecule has 17 heavy (non-hydrogen) atoms. The number of nitrogens with one attached hydrogen (secondary N) is 1. The Labute approximate surface area is 98.7 Å². The zero-order valence-corrected chi connectivity index (χ0v) is 9.73. The second-order valence-corrected chi connectivity index (χ2v) is 3.52. The van der Waals surface area contributed by atoms with Crippen molar-refractivity contribution >= 4 is 22.9 Å². The first-order chi connectivity index (χ1) is 8.17. The largest absolute Gasteiger partial charge is 0.494 e. The highest BCUT2D eigenvalue weighted by molar-refractivity contribution is 5.99. The molecule has 0 aliphatic rings. The molecule has 0 radical (unpaired) electrons. The lowest BCUT2D eigenvalue weighted by Gasteiger charge is -2.01. The summed E-state index contributed by atoms with van der Waals surface area (Å²) in [6.45, 7) is 3.40. The quantitative estimate of drug-likeness (QED) is 0.818. The number of amides is 1. The fraction of sp³-hybridized carbons (Fsp3) is 0.167. The molecular weight excluding hydrogens is 218 g/mol. The molecule has 5 heteroatoms. The van der Waals surface area contributed by atoms with Crippen LogP contribution in [-0.4, -0.2) is 22.6 Å². The number of carbonyl (C=O) groups is 1. The number of nitrogens with zero attached hydrogens (tertiary/aromatic N) is 2. The Kier molecular flexibility index (Phi) is 2.82. The van der Waals surface area contributed by atoms with Gasteiger partial charge in [0.15, 0.2) is 0 Å². The number of rotatable bonds is 3. The van der Waals surface area contributed by atoms with Crippen molar-refractivity contribution in [3.8, 4) is 5.75 Å². The lowest BCUT2D eigenvalue weighted by Crippen LogP contribution is -2.11. The first kappa shape index (κ1) is 11.2. The SMILES string of the molecule is C=CC(=O)Nc1nc2c(OC)cccc2n1C. The minimum atomic E-state index is -0.289. The van der Waals surface area contributed by atoms with E-state index in [1.807, 2.05) is 25.2 Å². The molecule has 0 saturated carbocycles. The van der Waals surface area contributed by atoms with Gasteiger partial charge in [0.2, 0.25) is 11.9 Å². The highest BCUT2D eigenvalue weighted by Crippen LogP contribution is 2.26. The van der Waals surface area contributed by atoms with Gasteiger partial charge in [-0.2, -0.15) is 0 Å². The monoisotopic (exact) mass is 231 g/mol. The van der Waals surface area contributed by atoms with Gasteiger partial charge >= 0.3 is 0 Å². The molecule has 0 fully saturated rings. The van der Waals surface area contributed by atoms with Gasteiger partial charge in [-0.15, -0.1) is 0 Å². The maximum atomic E-state index is 11.3. The van der Waals surface area contributed by atoms with E-state index in [1.54, 1.807) is 11.7 Å². The summed E-state index contributed by atoms with van der Waals surface area (Å²) in [6.07, 6.45) is 1.20. The van der Waals surface area contributed by atoms with Crippen molar-refractivity contribution in [1.29, 1.82) is 0 Å². The van der Waals surface area contributed by atoms with Crippen LogP contribution in [0.5, 0.6) is 5.75 Å². The summed E-state index contributed by atoms with van der Waals surface area (Å²) in [6, 6.07) is 5.62. The average Bonchev–Trinajstić information content (AvgIpc) is 2.66. The van der Waals surface area contributed by atoms with Crippen molar-refractivity contribution < 1.29 is 9.53 Å². The van der Waals surface area contributed by atoms with E-state index in [-0.39, 0.29) is 5.91 Å². The molecule has 2 rings (SSSR count). The maximum Gasteiger partial charge on any atom is 0.250 e. The molecule has 5 nitrogen and oxygen atoms in total. The second-order valence-electron chi connectivity index (χ2n) is 3.52. The van der Waals surface area contributed by atoms with E-state index in [0.717, 1.165) is 11.0 Å². The lowest BCUT2D eigenvalue weighted by atomic mass is 10.3. The van der Waals surface area contributed by atoms with Gasteiger partial charge < -0.3 is 9.30 Å². The Morgan fingerprint density at radius 2 is 2.35 bits per heavy atom. The predicted molar refractivity (Wildman–Crippen MR) is 66.1 cm³/mol. The van der Waals surface area contributed by atoms with E-state index in [0.29, 0.717) is 11.7 Å². The van der Waals surface area contributed by atoms with Gasteiger partial charge in [-0.1, -0.05) is 12.6 Å². The van der Waals surface area contributed by atoms with E-state index in [1.165, 1.54) is 6.08 Å². The van der Waals surface area contributed by atoms with Crippen LogP contribution in [0.3, 0.4) is 0 Å². The van der Waals surface area contributed by atoms with Crippen LogP contribution >= 0.6 is 0 Å². The first-order valence-corrected chi connectivity index (χ1v) is 5.10. The summed E-state index contributed by atoms with van der Waals surface area (Å²) in [5.74, 6) is 0.856. The van der Waals surface area contributed by atoms with Crippen molar-refractivity contribution in [2.75, 3.05) is 12.4 Å². The average molecular weight is 231 g/mol. The smallest absolute Gasteiger partial charge is 0.250 e. The molecule has 88 valence electrons. The van der Waals surface area contributed by atoms with E-state index in [2.05, 4.69) is 16.9 Å². The number of hydrogen-bond acceptors (Lipinski definition) is 3. The number of carbonyl (C=O) groups excluding carboxylic acids is 1. The van der Waals surface area contributed by atoms with Gasteiger partial charge in [0.25, 0.3) is 0 Å². The van der Waals surface area contributed by atoms with E-state index in [4.69, 9.17) is 4.74 Å². The van der Waals surface area contributed by atoms with Gasteiger partial charge in [0, 0.05) is 7.05 Å². The van der Waals surface area contributed by atoms with Gasteiger partial charge in [-0.05, 0) is 18.2 Å². The Morgan fingerprint density at radius 3 is 3.00 bits per heavy atom. The number of aryl methyl sites for hydroxylation is 1. The van der Waals surface area contributed by atoms with E-state index >= 15 is 0 Å². The highest BCUT2D eigenvalue weighted by Gasteiger charge is 2.12. The molecule has 0 aliphatic heterocycles. The van der Waals surface area contributed by atoms with Gasteiger partial charge in [-0.25, -0.2) is 4.98 Å². The second kappa shape index (κ2) is 4.29. The van der Waals surface area contributed by atoms with Crippen molar-refractivity contribution in [2.24, 2.45) is 7.05 Å². The molecule has 0 aliphatic carbocycles. The summed E-state index contributed by atoms with van der Waals surface area (Å²) in [4.78, 5) is 15.6. The summed E-state index contributed by atoms with van der Waals surface area (Å²) in [5.41, 5.74) is 1.61. The fourth-order valence-electron chi connectivity index (χ4n) is 1.63. The summed E-state index contributed by atoms with van der Waals surface area (Å²) < 4.78 is 7.01. The fourth-order valence-corrected chi connectivity index (χ4v) is 1.63. The van der Waals surface area contributed by atoms with Gasteiger partial charge in [0.1, 0.15) is 11.3 Å². The number of para-hydroxylation sites is 1. The van der Waals surface area contributed by atoms with Crippen molar-refractivity contribution in [3.05, 3.63) is 30.9 Å². The zero-order valence-electron chi connectivity index (χ0n) is 9.73. The topological polar surface area (TPSA) is 56.1 Å². The highest BCUT2D eigenvalue weighted by atomic mass is 16.5. The van der Waals surface area contributed by atoms with Gasteiger partial charge in [0.05, 0.1) is 12.6 Å². The maximum absolute atomic E-state index is 11.3. The molecule has 1 amide bonds. The molecule has 1 N–H and O–H groups in total. The van der Waals surface area contributed by atoms with Crippen LogP contribution in [0.4, 0.5) is 5.95 Å². The van der Waals surface area contributed by atoms with Crippen LogP contribution < -0.4 is 10.1 Å². The van der Waals surface area contributed by atoms with Crippen molar-refractivity contribution in [3.63, 3.8) is 0 Å². The standard InChI is InChI=1S/C12H13N3O2/c1-4-10(16)13-12-14-11-8(15(12)2)6-5-7-9(11)17-3/h4-7H,1H2,2-3H3,(H,13,14,16). The lowest BCUT2D eigenvalue weighted by molar-refractivity contribution is -0.111. The number of benzene rings is 1. The Balaban J connectivity index is 2.55. The number of methoxy groups -OCH3 is 1.